The number of amides is 2. The lowest BCUT2D eigenvalue weighted by Crippen LogP contribution is -2.43. The van der Waals surface area contributed by atoms with E-state index in [0.29, 0.717) is 32.0 Å². The molecule has 4 rings (SSSR count). The smallest absolute Gasteiger partial charge is 0.226 e. The molecule has 0 bridgehead atoms. The van der Waals surface area contributed by atoms with Crippen LogP contribution in [-0.4, -0.2) is 33.0 Å². The Hall–Kier alpha value is -2.57. The zero-order valence-electron chi connectivity index (χ0n) is 14.2. The zero-order chi connectivity index (χ0) is 17.4. The number of furan rings is 1. The van der Waals surface area contributed by atoms with Gasteiger partial charge in [0.25, 0.3) is 0 Å². The monoisotopic (exact) mass is 342 g/mol. The van der Waals surface area contributed by atoms with Gasteiger partial charge in [0.2, 0.25) is 11.8 Å². The first-order valence-electron chi connectivity index (χ1n) is 8.72. The van der Waals surface area contributed by atoms with Gasteiger partial charge in [-0.05, 0) is 30.5 Å². The van der Waals surface area contributed by atoms with Gasteiger partial charge in [-0.2, -0.15) is 5.10 Å². The maximum Gasteiger partial charge on any atom is 0.226 e. The van der Waals surface area contributed by atoms with Gasteiger partial charge in [0.1, 0.15) is 5.76 Å². The number of aromatic nitrogens is 2. The molecule has 2 aromatic rings. The molecule has 0 unspecified atom stereocenters. The van der Waals surface area contributed by atoms with Crippen LogP contribution in [0.1, 0.15) is 37.3 Å². The van der Waals surface area contributed by atoms with E-state index < -0.39 is 0 Å². The van der Waals surface area contributed by atoms with E-state index in [0.717, 1.165) is 17.9 Å². The molecule has 0 saturated heterocycles. The quantitative estimate of drug-likeness (QED) is 0.897. The van der Waals surface area contributed by atoms with Gasteiger partial charge in [0, 0.05) is 18.7 Å². The highest BCUT2D eigenvalue weighted by Gasteiger charge is 2.43. The van der Waals surface area contributed by atoms with Crippen LogP contribution in [-0.2, 0) is 22.7 Å². The Morgan fingerprint density at radius 2 is 2.24 bits per heavy atom. The second-order valence-corrected chi connectivity index (χ2v) is 7.02. The van der Waals surface area contributed by atoms with E-state index in [-0.39, 0.29) is 23.8 Å². The van der Waals surface area contributed by atoms with Crippen LogP contribution in [0.15, 0.2) is 35.1 Å². The van der Waals surface area contributed by atoms with E-state index in [1.807, 2.05) is 21.7 Å². The third-order valence-corrected chi connectivity index (χ3v) is 5.08. The Kier molecular flexibility index (Phi) is 4.07. The van der Waals surface area contributed by atoms with Crippen LogP contribution in [0.25, 0.3) is 0 Å². The van der Waals surface area contributed by atoms with Gasteiger partial charge in [-0.15, -0.1) is 0 Å². The van der Waals surface area contributed by atoms with Crippen molar-refractivity contribution in [2.75, 3.05) is 6.54 Å². The van der Waals surface area contributed by atoms with E-state index in [1.54, 1.807) is 18.5 Å². The third kappa shape index (κ3) is 3.31. The molecule has 0 radical (unpaired) electrons. The number of hydrogen-bond acceptors (Lipinski definition) is 4. The van der Waals surface area contributed by atoms with Crippen molar-refractivity contribution in [3.63, 3.8) is 0 Å². The molecule has 1 aliphatic heterocycles. The number of carbonyl (C=O) groups excluding carboxylic acids is 2. The van der Waals surface area contributed by atoms with Gasteiger partial charge in [-0.3, -0.25) is 14.3 Å². The summed E-state index contributed by atoms with van der Waals surface area (Å²) in [6.07, 6.45) is 4.58. The average Bonchev–Trinajstić information content (AvgIpc) is 3.02. The Morgan fingerprint density at radius 3 is 2.96 bits per heavy atom. The Morgan fingerprint density at radius 1 is 1.40 bits per heavy atom. The van der Waals surface area contributed by atoms with Crippen molar-refractivity contribution in [2.45, 2.75) is 38.9 Å². The highest BCUT2D eigenvalue weighted by Crippen LogP contribution is 2.40. The SMILES string of the molecule is C[C@@H]1C[C@H]1C(=O)N1Cc2ccnn2[C@H](CC(=O)NCc2ccco2)C1. The second kappa shape index (κ2) is 6.38. The minimum atomic E-state index is -0.131. The molecular formula is C18H22N4O3. The van der Waals surface area contributed by atoms with Crippen molar-refractivity contribution in [3.8, 4) is 0 Å². The van der Waals surface area contributed by atoms with E-state index >= 15 is 0 Å². The van der Waals surface area contributed by atoms with Crippen LogP contribution in [0, 0.1) is 11.8 Å². The minimum absolute atomic E-state index is 0.0723. The summed E-state index contributed by atoms with van der Waals surface area (Å²) in [5.74, 6) is 1.49. The normalized spacial score (nSPS) is 24.7. The summed E-state index contributed by atoms with van der Waals surface area (Å²) >= 11 is 0. The van der Waals surface area contributed by atoms with Crippen LogP contribution < -0.4 is 5.32 Å². The molecule has 1 aliphatic carbocycles. The lowest BCUT2D eigenvalue weighted by Gasteiger charge is -2.34. The standard InChI is InChI=1S/C18H22N4O3/c1-12-7-16(12)18(24)21-10-13-4-5-20-22(13)14(11-21)8-17(23)19-9-15-3-2-6-25-15/h2-6,12,14,16H,7-11H2,1H3,(H,19,23)/t12-,14-,16-/m1/s1. The van der Waals surface area contributed by atoms with Crippen LogP contribution in [0.4, 0.5) is 0 Å². The summed E-state index contributed by atoms with van der Waals surface area (Å²) in [7, 11) is 0. The van der Waals surface area contributed by atoms with Gasteiger partial charge >= 0.3 is 0 Å². The fourth-order valence-electron chi connectivity index (χ4n) is 3.49. The largest absolute Gasteiger partial charge is 0.467 e. The highest BCUT2D eigenvalue weighted by atomic mass is 16.3. The fourth-order valence-corrected chi connectivity index (χ4v) is 3.49. The highest BCUT2D eigenvalue weighted by molar-refractivity contribution is 5.82. The summed E-state index contributed by atoms with van der Waals surface area (Å²) in [6.45, 7) is 3.58. The summed E-state index contributed by atoms with van der Waals surface area (Å²) in [5, 5.41) is 7.22. The molecule has 1 saturated carbocycles. The first-order chi connectivity index (χ1) is 12.1. The summed E-state index contributed by atoms with van der Waals surface area (Å²) < 4.78 is 7.11. The average molecular weight is 342 g/mol. The first kappa shape index (κ1) is 15.9. The number of nitrogens with zero attached hydrogens (tertiary/aromatic N) is 3. The second-order valence-electron chi connectivity index (χ2n) is 7.02. The topological polar surface area (TPSA) is 80.4 Å². The van der Waals surface area contributed by atoms with Gasteiger partial charge < -0.3 is 14.6 Å². The molecule has 1 fully saturated rings. The lowest BCUT2D eigenvalue weighted by atomic mass is 10.1. The van der Waals surface area contributed by atoms with E-state index in [9.17, 15) is 9.59 Å². The van der Waals surface area contributed by atoms with E-state index in [1.165, 1.54) is 0 Å². The van der Waals surface area contributed by atoms with E-state index in [2.05, 4.69) is 17.3 Å². The number of fused-ring (bicyclic) bond motifs is 1. The molecular weight excluding hydrogens is 320 g/mol. The Balaban J connectivity index is 1.41. The number of nitrogens with one attached hydrogen (secondary N) is 1. The summed E-state index contributed by atoms with van der Waals surface area (Å²) in [6, 6.07) is 5.40. The van der Waals surface area contributed by atoms with Crippen molar-refractivity contribution < 1.29 is 14.0 Å². The lowest BCUT2D eigenvalue weighted by molar-refractivity contribution is -0.136. The zero-order valence-corrected chi connectivity index (χ0v) is 14.2. The molecule has 1 N–H and O–H groups in total. The molecule has 7 heteroatoms. The van der Waals surface area contributed by atoms with Crippen molar-refractivity contribution in [3.05, 3.63) is 42.1 Å². The van der Waals surface area contributed by atoms with Gasteiger partial charge in [0.05, 0.1) is 37.5 Å². The Labute approximate surface area is 146 Å². The molecule has 3 atom stereocenters. The maximum atomic E-state index is 12.6. The fraction of sp³-hybridized carbons (Fsp3) is 0.500. The molecule has 2 amide bonds. The van der Waals surface area contributed by atoms with Gasteiger partial charge in [-0.25, -0.2) is 0 Å². The number of hydrogen-bond donors (Lipinski definition) is 1. The summed E-state index contributed by atoms with van der Waals surface area (Å²) in [4.78, 5) is 26.8. The van der Waals surface area contributed by atoms with Gasteiger partial charge in [0.15, 0.2) is 0 Å². The molecule has 0 aromatic carbocycles. The van der Waals surface area contributed by atoms with Crippen molar-refractivity contribution in [1.29, 1.82) is 0 Å². The summed E-state index contributed by atoms with van der Waals surface area (Å²) in [5.41, 5.74) is 0.983. The van der Waals surface area contributed by atoms with Crippen molar-refractivity contribution in [1.82, 2.24) is 20.0 Å². The van der Waals surface area contributed by atoms with Crippen LogP contribution in [0.2, 0.25) is 0 Å². The number of rotatable bonds is 5. The molecule has 3 heterocycles. The van der Waals surface area contributed by atoms with Crippen LogP contribution in [0.5, 0.6) is 0 Å². The molecule has 132 valence electrons. The van der Waals surface area contributed by atoms with Crippen LogP contribution >= 0.6 is 0 Å². The first-order valence-corrected chi connectivity index (χ1v) is 8.72. The molecule has 7 nitrogen and oxygen atoms in total. The van der Waals surface area contributed by atoms with Gasteiger partial charge in [-0.1, -0.05) is 6.92 Å². The number of carbonyl (C=O) groups is 2. The third-order valence-electron chi connectivity index (χ3n) is 5.08. The minimum Gasteiger partial charge on any atom is -0.467 e. The molecule has 0 spiro atoms. The van der Waals surface area contributed by atoms with Crippen molar-refractivity contribution >= 4 is 11.8 Å². The predicted molar refractivity (Wildman–Crippen MR) is 89.1 cm³/mol. The molecule has 2 aromatic heterocycles. The molecule has 2 aliphatic rings. The van der Waals surface area contributed by atoms with Crippen molar-refractivity contribution in [2.24, 2.45) is 11.8 Å². The van der Waals surface area contributed by atoms with Crippen LogP contribution in [0.3, 0.4) is 0 Å². The van der Waals surface area contributed by atoms with E-state index in [4.69, 9.17) is 4.42 Å². The predicted octanol–water partition coefficient (Wildman–Crippen LogP) is 1.72. The maximum absolute atomic E-state index is 12.6. The Bertz CT molecular complexity index is 767. The molecule has 25 heavy (non-hydrogen) atoms.